The van der Waals surface area contributed by atoms with Crippen LogP contribution in [0.2, 0.25) is 5.02 Å². The minimum atomic E-state index is -1.06. The molecular weight excluding hydrogens is 210 g/mol. The van der Waals surface area contributed by atoms with Crippen molar-refractivity contribution in [2.24, 2.45) is 0 Å². The molecule has 0 aromatic heterocycles. The summed E-state index contributed by atoms with van der Waals surface area (Å²) >= 11 is 5.90. The molecule has 0 aliphatic rings. The molecule has 0 aliphatic carbocycles. The molecule has 0 saturated heterocycles. The Morgan fingerprint density at radius 3 is 2.67 bits per heavy atom. The zero-order valence-corrected chi connectivity index (χ0v) is 9.26. The third-order valence-corrected chi connectivity index (χ3v) is 1.91. The third kappa shape index (κ3) is 3.64. The van der Waals surface area contributed by atoms with Crippen LogP contribution >= 0.6 is 11.6 Å². The molecule has 0 spiro atoms. The maximum absolute atomic E-state index is 9.42. The summed E-state index contributed by atoms with van der Waals surface area (Å²) < 4.78 is 0. The molecule has 15 heavy (non-hydrogen) atoms. The van der Waals surface area contributed by atoms with E-state index in [1.54, 1.807) is 32.0 Å². The summed E-state index contributed by atoms with van der Waals surface area (Å²) in [5.41, 5.74) is -0.0102. The highest BCUT2D eigenvalue weighted by atomic mass is 35.5. The smallest absolute Gasteiger partial charge is 0.188 e. The van der Waals surface area contributed by atoms with Crippen molar-refractivity contribution >= 4 is 17.3 Å². The van der Waals surface area contributed by atoms with Crippen LogP contribution in [-0.4, -0.2) is 10.7 Å². The lowest BCUT2D eigenvalue weighted by atomic mass is 10.1. The molecule has 1 aromatic carbocycles. The first-order valence-electron chi connectivity index (χ1n) is 4.35. The fourth-order valence-electron chi connectivity index (χ4n) is 0.899. The van der Waals surface area contributed by atoms with Gasteiger partial charge in [0.25, 0.3) is 0 Å². The molecule has 0 amide bonds. The van der Waals surface area contributed by atoms with Crippen LogP contribution in [0.5, 0.6) is 0 Å². The maximum atomic E-state index is 9.42. The fourth-order valence-corrected chi connectivity index (χ4v) is 1.06. The average molecular weight is 220 g/mol. The number of halogens is 1. The molecule has 0 radical (unpaired) electrons. The molecule has 1 rings (SSSR count). The van der Waals surface area contributed by atoms with Crippen LogP contribution in [-0.2, 0) is 0 Å². The van der Waals surface area contributed by atoms with Crippen LogP contribution in [0.15, 0.2) is 18.2 Å². The van der Waals surface area contributed by atoms with E-state index in [0.29, 0.717) is 16.3 Å². The summed E-state index contributed by atoms with van der Waals surface area (Å²) in [7, 11) is 0. The van der Waals surface area contributed by atoms with Gasteiger partial charge in [-0.25, -0.2) is 4.85 Å². The van der Waals surface area contributed by atoms with E-state index in [1.807, 2.05) is 0 Å². The first-order valence-corrected chi connectivity index (χ1v) is 4.73. The summed E-state index contributed by atoms with van der Waals surface area (Å²) in [4.78, 5) is 3.28. The van der Waals surface area contributed by atoms with Gasteiger partial charge in [0.1, 0.15) is 5.60 Å². The Bertz CT molecular complexity index is 469. The number of nitrogens with zero attached hydrogens (tertiary/aromatic N) is 1. The van der Waals surface area contributed by atoms with Crippen molar-refractivity contribution < 1.29 is 5.11 Å². The largest absolute Gasteiger partial charge is 0.378 e. The first kappa shape index (κ1) is 11.6. The van der Waals surface area contributed by atoms with E-state index < -0.39 is 5.60 Å². The van der Waals surface area contributed by atoms with Crippen LogP contribution < -0.4 is 0 Å². The van der Waals surface area contributed by atoms with Crippen LogP contribution in [0, 0.1) is 18.4 Å². The molecular formula is C12H10ClNO. The maximum Gasteiger partial charge on any atom is 0.188 e. The van der Waals surface area contributed by atoms with Gasteiger partial charge in [0.2, 0.25) is 0 Å². The Kier molecular flexibility index (Phi) is 3.37. The predicted molar refractivity (Wildman–Crippen MR) is 60.9 cm³/mol. The van der Waals surface area contributed by atoms with E-state index in [0.717, 1.165) is 0 Å². The summed E-state index contributed by atoms with van der Waals surface area (Å²) in [6.45, 7) is 10.0. The lowest BCUT2D eigenvalue weighted by Gasteiger charge is -2.06. The second-order valence-electron chi connectivity index (χ2n) is 3.58. The molecule has 76 valence electrons. The van der Waals surface area contributed by atoms with Crippen molar-refractivity contribution in [1.29, 1.82) is 0 Å². The lowest BCUT2D eigenvalue weighted by Crippen LogP contribution is -2.14. The van der Waals surface area contributed by atoms with E-state index in [1.165, 1.54) is 0 Å². The van der Waals surface area contributed by atoms with Crippen molar-refractivity contribution in [2.45, 2.75) is 19.4 Å². The molecule has 2 nitrogen and oxygen atoms in total. The zero-order valence-electron chi connectivity index (χ0n) is 8.50. The molecule has 0 saturated carbocycles. The zero-order chi connectivity index (χ0) is 11.5. The minimum Gasteiger partial charge on any atom is -0.378 e. The molecule has 1 N–H and O–H groups in total. The number of hydrogen-bond acceptors (Lipinski definition) is 1. The van der Waals surface area contributed by atoms with E-state index in [-0.39, 0.29) is 0 Å². The Morgan fingerprint density at radius 1 is 1.47 bits per heavy atom. The van der Waals surface area contributed by atoms with Crippen LogP contribution in [0.1, 0.15) is 19.4 Å². The second kappa shape index (κ2) is 4.36. The molecule has 0 fully saturated rings. The van der Waals surface area contributed by atoms with Gasteiger partial charge in [-0.3, -0.25) is 0 Å². The van der Waals surface area contributed by atoms with Gasteiger partial charge in [-0.2, -0.15) is 0 Å². The molecule has 1 aromatic rings. The van der Waals surface area contributed by atoms with Crippen LogP contribution in [0.3, 0.4) is 0 Å². The van der Waals surface area contributed by atoms with Crippen molar-refractivity contribution in [3.8, 4) is 11.8 Å². The Balaban J connectivity index is 3.14. The van der Waals surface area contributed by atoms with Crippen molar-refractivity contribution in [2.75, 3.05) is 0 Å². The highest BCUT2D eigenvalue weighted by molar-refractivity contribution is 6.31. The van der Waals surface area contributed by atoms with Gasteiger partial charge in [0.15, 0.2) is 5.69 Å². The summed E-state index contributed by atoms with van der Waals surface area (Å²) in [6.07, 6.45) is 0. The average Bonchev–Trinajstić information content (AvgIpc) is 2.15. The van der Waals surface area contributed by atoms with Gasteiger partial charge in [-0.15, -0.1) is 0 Å². The lowest BCUT2D eigenvalue weighted by molar-refractivity contribution is 0.143. The van der Waals surface area contributed by atoms with Crippen LogP contribution in [0.25, 0.3) is 4.85 Å². The molecule has 0 unspecified atom stereocenters. The SMILES string of the molecule is [C-]#[N+]c1ccc(Cl)c(C#CC(C)(C)O)c1. The number of benzene rings is 1. The molecule has 0 heterocycles. The van der Waals surface area contributed by atoms with E-state index in [4.69, 9.17) is 18.2 Å². The normalized spacial score (nSPS) is 10.1. The Morgan fingerprint density at radius 2 is 2.13 bits per heavy atom. The second-order valence-corrected chi connectivity index (χ2v) is 3.99. The van der Waals surface area contributed by atoms with E-state index >= 15 is 0 Å². The van der Waals surface area contributed by atoms with Crippen molar-refractivity contribution in [1.82, 2.24) is 0 Å². The predicted octanol–water partition coefficient (Wildman–Crippen LogP) is 3.01. The van der Waals surface area contributed by atoms with Crippen molar-refractivity contribution in [3.05, 3.63) is 40.2 Å². The minimum absolute atomic E-state index is 0.485. The topological polar surface area (TPSA) is 24.6 Å². The highest BCUT2D eigenvalue weighted by Gasteiger charge is 2.06. The molecule has 0 bridgehead atoms. The summed E-state index contributed by atoms with van der Waals surface area (Å²) in [5.74, 6) is 5.40. The number of hydrogen-bond donors (Lipinski definition) is 1. The molecule has 3 heteroatoms. The van der Waals surface area contributed by atoms with Gasteiger partial charge in [-0.05, 0) is 19.9 Å². The number of rotatable bonds is 0. The summed E-state index contributed by atoms with van der Waals surface area (Å²) in [5, 5.41) is 9.90. The van der Waals surface area contributed by atoms with Gasteiger partial charge in [0.05, 0.1) is 11.6 Å². The van der Waals surface area contributed by atoms with Gasteiger partial charge in [0, 0.05) is 5.56 Å². The van der Waals surface area contributed by atoms with Gasteiger partial charge >= 0.3 is 0 Å². The first-order chi connectivity index (χ1) is 6.92. The monoisotopic (exact) mass is 219 g/mol. The van der Waals surface area contributed by atoms with E-state index in [2.05, 4.69) is 16.7 Å². The standard InChI is InChI=1S/C12H10ClNO/c1-12(2,15)7-6-9-8-10(14-3)4-5-11(9)13/h4-5,8,15H,1-2H3. The molecule has 0 atom stereocenters. The van der Waals surface area contributed by atoms with Crippen LogP contribution in [0.4, 0.5) is 5.69 Å². The van der Waals surface area contributed by atoms with E-state index in [9.17, 15) is 5.11 Å². The Hall–Kier alpha value is -1.48. The number of aliphatic hydroxyl groups is 1. The van der Waals surface area contributed by atoms with Crippen molar-refractivity contribution in [3.63, 3.8) is 0 Å². The van der Waals surface area contributed by atoms with Gasteiger partial charge < -0.3 is 5.11 Å². The highest BCUT2D eigenvalue weighted by Crippen LogP contribution is 2.21. The third-order valence-electron chi connectivity index (χ3n) is 1.58. The molecule has 0 aliphatic heterocycles. The quantitative estimate of drug-likeness (QED) is 0.527. The van der Waals surface area contributed by atoms with Gasteiger partial charge in [-0.1, -0.05) is 35.6 Å². The Labute approximate surface area is 94.3 Å². The summed E-state index contributed by atoms with van der Waals surface area (Å²) in [6, 6.07) is 4.86. The fraction of sp³-hybridized carbons (Fsp3) is 0.250.